The molecule has 3 heteroatoms. The molecule has 0 aliphatic rings. The van der Waals surface area contributed by atoms with Crippen LogP contribution in [0.5, 0.6) is 0 Å². The Labute approximate surface area is 134 Å². The maximum atomic E-state index is 3.60. The number of rotatable bonds is 0. The van der Waals surface area contributed by atoms with Gasteiger partial charge in [0.05, 0.1) is 39.4 Å². The maximum Gasteiger partial charge on any atom is 0.0831 e. The number of aromatic nitrogens is 2. The normalized spacial score (nSPS) is 12.0. The lowest BCUT2D eigenvalue weighted by Gasteiger charge is -1.97. The average Bonchev–Trinajstić information content (AvgIpc) is 3.04. The number of nitrogens with zero attached hydrogens (tertiary/aromatic N) is 1. The van der Waals surface area contributed by atoms with Gasteiger partial charge in [-0.25, -0.2) is 0 Å². The third-order valence-corrected chi connectivity index (χ3v) is 5.26. The number of benzene rings is 3. The van der Waals surface area contributed by atoms with E-state index < -0.39 is 0 Å². The van der Waals surface area contributed by atoms with Gasteiger partial charge in [0, 0.05) is 27.1 Å². The van der Waals surface area contributed by atoms with Crippen LogP contribution in [0.15, 0.2) is 60.7 Å². The Morgan fingerprint density at radius 1 is 0.714 bits per heavy atom. The van der Waals surface area contributed by atoms with Gasteiger partial charge >= 0.3 is 0 Å². The highest BCUT2D eigenvalue weighted by atomic mass is 127. The Hall–Kier alpha value is -2.01. The molecule has 5 aromatic rings. The molecule has 0 aliphatic carbocycles. The number of aromatic amines is 1. The summed E-state index contributed by atoms with van der Waals surface area (Å²) >= 11 is 2.40. The lowest BCUT2D eigenvalue weighted by atomic mass is 10.1. The molecule has 100 valence electrons. The number of fused-ring (bicyclic) bond motifs is 7. The molecule has 0 unspecified atom stereocenters. The van der Waals surface area contributed by atoms with E-state index in [1.807, 2.05) is 0 Å². The van der Waals surface area contributed by atoms with Crippen LogP contribution in [0.4, 0.5) is 0 Å². The van der Waals surface area contributed by atoms with Crippen LogP contribution in [0.3, 0.4) is 0 Å². The quantitative estimate of drug-likeness (QED) is 0.335. The molecule has 0 atom stereocenters. The van der Waals surface area contributed by atoms with E-state index in [1.165, 1.54) is 43.6 Å². The Balaban J connectivity index is 2.14. The van der Waals surface area contributed by atoms with Gasteiger partial charge in [0.25, 0.3) is 0 Å². The van der Waals surface area contributed by atoms with Crippen LogP contribution in [0, 0.1) is 0 Å². The summed E-state index contributed by atoms with van der Waals surface area (Å²) in [5.74, 6) is 0. The van der Waals surface area contributed by atoms with Crippen molar-refractivity contribution in [1.82, 2.24) is 7.76 Å². The van der Waals surface area contributed by atoms with Crippen molar-refractivity contribution in [2.45, 2.75) is 0 Å². The fourth-order valence-corrected chi connectivity index (χ4v) is 4.24. The summed E-state index contributed by atoms with van der Waals surface area (Å²) in [6.45, 7) is 0. The van der Waals surface area contributed by atoms with E-state index in [2.05, 4.69) is 91.3 Å². The fourth-order valence-electron chi connectivity index (χ4n) is 3.32. The number of para-hydroxylation sites is 2. The lowest BCUT2D eigenvalue weighted by molar-refractivity contribution is 1.48. The van der Waals surface area contributed by atoms with Gasteiger partial charge in [-0.2, -0.15) is 0 Å². The predicted octanol–water partition coefficient (Wildman–Crippen LogP) is 5.63. The van der Waals surface area contributed by atoms with E-state index in [-0.39, 0.29) is 0 Å². The monoisotopic (exact) mass is 382 g/mol. The summed E-state index contributed by atoms with van der Waals surface area (Å²) in [5, 5.41) is 5.19. The second-order valence-corrected chi connectivity index (χ2v) is 6.32. The third-order valence-electron chi connectivity index (χ3n) is 4.26. The van der Waals surface area contributed by atoms with Crippen LogP contribution >= 0.6 is 22.9 Å². The highest BCUT2D eigenvalue weighted by Gasteiger charge is 2.14. The second kappa shape index (κ2) is 4.01. The molecule has 3 aromatic carbocycles. The first-order valence-corrected chi connectivity index (χ1v) is 7.90. The molecule has 1 N–H and O–H groups in total. The third kappa shape index (κ3) is 1.42. The molecule has 21 heavy (non-hydrogen) atoms. The number of H-pyrrole nitrogens is 1. The van der Waals surface area contributed by atoms with E-state index in [1.54, 1.807) is 0 Å². The van der Waals surface area contributed by atoms with Gasteiger partial charge in [-0.3, -0.25) is 2.78 Å². The van der Waals surface area contributed by atoms with Gasteiger partial charge in [0.1, 0.15) is 0 Å². The topological polar surface area (TPSA) is 20.7 Å². The van der Waals surface area contributed by atoms with Crippen molar-refractivity contribution in [1.29, 1.82) is 0 Å². The summed E-state index contributed by atoms with van der Waals surface area (Å²) in [6, 6.07) is 21.6. The molecule has 0 spiro atoms. The minimum atomic E-state index is 1.20. The Morgan fingerprint density at radius 3 is 2.33 bits per heavy atom. The second-order valence-electron chi connectivity index (χ2n) is 5.35. The predicted molar refractivity (Wildman–Crippen MR) is 98.2 cm³/mol. The van der Waals surface area contributed by atoms with Crippen molar-refractivity contribution in [3.05, 3.63) is 60.7 Å². The van der Waals surface area contributed by atoms with Crippen molar-refractivity contribution in [3.8, 4) is 0 Å². The Kier molecular flexibility index (Phi) is 2.22. The van der Waals surface area contributed by atoms with Crippen LogP contribution in [-0.4, -0.2) is 7.76 Å². The van der Waals surface area contributed by atoms with Gasteiger partial charge in [-0.15, -0.1) is 0 Å². The van der Waals surface area contributed by atoms with Crippen molar-refractivity contribution >= 4 is 66.5 Å². The van der Waals surface area contributed by atoms with E-state index in [0.717, 1.165) is 0 Å². The molecule has 0 fully saturated rings. The molecule has 5 rings (SSSR count). The zero-order valence-electron chi connectivity index (χ0n) is 11.1. The van der Waals surface area contributed by atoms with Crippen molar-refractivity contribution in [2.75, 3.05) is 0 Å². The van der Waals surface area contributed by atoms with Gasteiger partial charge in [0.2, 0.25) is 0 Å². The van der Waals surface area contributed by atoms with Crippen LogP contribution in [0.1, 0.15) is 0 Å². The minimum Gasteiger partial charge on any atom is -0.353 e. The largest absolute Gasteiger partial charge is 0.353 e. The highest BCUT2D eigenvalue weighted by Crippen LogP contribution is 2.37. The fraction of sp³-hybridized carbons (Fsp3) is 0. The van der Waals surface area contributed by atoms with Crippen LogP contribution in [-0.2, 0) is 0 Å². The molecular formula is C18H11IN2. The highest BCUT2D eigenvalue weighted by molar-refractivity contribution is 14.1. The number of nitrogens with one attached hydrogen (secondary N) is 1. The summed E-state index contributed by atoms with van der Waals surface area (Å²) in [4.78, 5) is 3.60. The van der Waals surface area contributed by atoms with E-state index in [0.29, 0.717) is 0 Å². The first-order valence-electron chi connectivity index (χ1n) is 6.93. The SMILES string of the molecule is In1c2ccccc2c2ccc3c4ccccc4[nH]c3c21. The van der Waals surface area contributed by atoms with E-state index >= 15 is 0 Å². The van der Waals surface area contributed by atoms with Crippen LogP contribution in [0.25, 0.3) is 43.6 Å². The van der Waals surface area contributed by atoms with Gasteiger partial charge in [-0.1, -0.05) is 48.5 Å². The standard InChI is InChI=1S/C18H11IN2/c19-21-16-8-4-2-6-12(16)14-10-9-13-11-5-1-3-7-15(11)20-17(13)18(14)21/h1-10,20H. The van der Waals surface area contributed by atoms with Gasteiger partial charge in [0.15, 0.2) is 0 Å². The summed E-state index contributed by atoms with van der Waals surface area (Å²) in [5.41, 5.74) is 4.95. The zero-order valence-corrected chi connectivity index (χ0v) is 13.3. The van der Waals surface area contributed by atoms with E-state index in [4.69, 9.17) is 0 Å². The smallest absolute Gasteiger partial charge is 0.0831 e. The zero-order chi connectivity index (χ0) is 14.0. The molecule has 0 aliphatic heterocycles. The molecular weight excluding hydrogens is 371 g/mol. The lowest BCUT2D eigenvalue weighted by Crippen LogP contribution is -1.79. The minimum absolute atomic E-state index is 1.20. The van der Waals surface area contributed by atoms with Crippen molar-refractivity contribution in [3.63, 3.8) is 0 Å². The molecule has 0 radical (unpaired) electrons. The molecule has 2 heterocycles. The van der Waals surface area contributed by atoms with Crippen LogP contribution in [0.2, 0.25) is 0 Å². The Bertz CT molecular complexity index is 1150. The molecule has 2 nitrogen and oxygen atoms in total. The number of halogens is 1. The first-order chi connectivity index (χ1) is 10.3. The maximum absolute atomic E-state index is 3.60. The van der Waals surface area contributed by atoms with Crippen LogP contribution < -0.4 is 0 Å². The summed E-state index contributed by atoms with van der Waals surface area (Å²) < 4.78 is 2.26. The summed E-state index contributed by atoms with van der Waals surface area (Å²) in [7, 11) is 0. The van der Waals surface area contributed by atoms with Crippen molar-refractivity contribution in [2.24, 2.45) is 0 Å². The average molecular weight is 382 g/mol. The number of hydrogen-bond donors (Lipinski definition) is 1. The summed E-state index contributed by atoms with van der Waals surface area (Å²) in [6.07, 6.45) is 0. The van der Waals surface area contributed by atoms with Crippen molar-refractivity contribution < 1.29 is 0 Å². The molecule has 0 saturated carbocycles. The van der Waals surface area contributed by atoms with Gasteiger partial charge in [-0.05, 0) is 12.1 Å². The molecule has 0 amide bonds. The molecule has 0 saturated heterocycles. The Morgan fingerprint density at radius 2 is 1.43 bits per heavy atom. The van der Waals surface area contributed by atoms with Gasteiger partial charge < -0.3 is 4.98 Å². The first kappa shape index (κ1) is 11.6. The number of hydrogen-bond acceptors (Lipinski definition) is 0. The molecule has 2 aromatic heterocycles. The molecule has 0 bridgehead atoms. The van der Waals surface area contributed by atoms with E-state index in [9.17, 15) is 0 Å².